The summed E-state index contributed by atoms with van der Waals surface area (Å²) in [5.41, 5.74) is 11.3. The van der Waals surface area contributed by atoms with Crippen molar-refractivity contribution in [2.75, 3.05) is 0 Å². The zero-order chi connectivity index (χ0) is 27.9. The summed E-state index contributed by atoms with van der Waals surface area (Å²) in [4.78, 5) is 0. The highest BCUT2D eigenvalue weighted by Gasteiger charge is 2.49. The van der Waals surface area contributed by atoms with E-state index >= 15 is 0 Å². The summed E-state index contributed by atoms with van der Waals surface area (Å²) in [5, 5.41) is 3.63. The van der Waals surface area contributed by atoms with Crippen LogP contribution in [0.4, 0.5) is 0 Å². The summed E-state index contributed by atoms with van der Waals surface area (Å²) in [6.45, 7) is 30.4. The summed E-state index contributed by atoms with van der Waals surface area (Å²) in [7, 11) is 0. The van der Waals surface area contributed by atoms with Crippen LogP contribution in [0.2, 0.25) is 0 Å². The first-order chi connectivity index (χ1) is 17.5. The molecule has 0 aromatic heterocycles. The number of aryl methyl sites for hydroxylation is 1. The van der Waals surface area contributed by atoms with Crippen LogP contribution in [0, 0.1) is 6.92 Å². The molecule has 0 saturated heterocycles. The highest BCUT2D eigenvalue weighted by Crippen LogP contribution is 2.56. The second-order valence-electron chi connectivity index (χ2n) is 7.73. The number of benzene rings is 2. The van der Waals surface area contributed by atoms with Crippen LogP contribution in [-0.4, -0.2) is 0 Å². The van der Waals surface area contributed by atoms with E-state index in [9.17, 15) is 0 Å². The maximum absolute atomic E-state index is 4.09. The molecule has 1 atom stereocenters. The van der Waals surface area contributed by atoms with Crippen LogP contribution >= 0.6 is 23.3 Å². The number of hydrogen-bond acceptors (Lipinski definition) is 3. The predicted molar refractivity (Wildman–Crippen MR) is 174 cm³/mol. The van der Waals surface area contributed by atoms with E-state index in [1.807, 2.05) is 45.9 Å². The van der Waals surface area contributed by atoms with Gasteiger partial charge in [0, 0.05) is 11.3 Å². The number of allylic oxidation sites excluding steroid dienone is 3. The molecule has 194 valence electrons. The Hall–Kier alpha value is -2.62. The molecule has 1 heterocycles. The Morgan fingerprint density at radius 3 is 2.00 bits per heavy atom. The molecule has 0 amide bonds. The first-order valence-corrected chi connectivity index (χ1v) is 14.2. The molecule has 0 bridgehead atoms. The summed E-state index contributed by atoms with van der Waals surface area (Å²) in [6.07, 6.45) is 10.2. The number of unbranched alkanes of at least 4 members (excludes halogenated alkanes) is 1. The molecule has 2 aromatic rings. The van der Waals surface area contributed by atoms with E-state index in [4.69, 9.17) is 0 Å². The first kappa shape index (κ1) is 33.4. The predicted octanol–water partition coefficient (Wildman–Crippen LogP) is 10.5. The molecule has 1 aliphatic carbocycles. The van der Waals surface area contributed by atoms with Crippen LogP contribution in [-0.2, 0) is 5.54 Å². The van der Waals surface area contributed by atoms with E-state index in [2.05, 4.69) is 118 Å². The molecular formula is C33H45NS2. The minimum Gasteiger partial charge on any atom is -0.371 e. The third-order valence-corrected chi connectivity index (χ3v) is 6.02. The van der Waals surface area contributed by atoms with Gasteiger partial charge in [-0.1, -0.05) is 83.3 Å². The van der Waals surface area contributed by atoms with Gasteiger partial charge >= 0.3 is 0 Å². The molecule has 0 saturated carbocycles. The van der Waals surface area contributed by atoms with Crippen LogP contribution in [0.15, 0.2) is 98.8 Å². The molecule has 36 heavy (non-hydrogen) atoms. The normalized spacial score (nSPS) is 16.8. The molecule has 0 radical (unpaired) electrons. The quantitative estimate of drug-likeness (QED) is 0.149. The van der Waals surface area contributed by atoms with Crippen molar-refractivity contribution in [3.8, 4) is 11.1 Å². The molecule has 1 aliphatic heterocycles. The van der Waals surface area contributed by atoms with Gasteiger partial charge in [-0.15, -0.1) is 43.1 Å². The zero-order valence-corrected chi connectivity index (χ0v) is 24.9. The van der Waals surface area contributed by atoms with Gasteiger partial charge in [-0.25, -0.2) is 0 Å². The van der Waals surface area contributed by atoms with Gasteiger partial charge in [0.05, 0.1) is 5.54 Å². The molecule has 1 nitrogen and oxygen atoms in total. The third-order valence-electron chi connectivity index (χ3n) is 6.02. The van der Waals surface area contributed by atoms with Gasteiger partial charge < -0.3 is 5.32 Å². The molecule has 4 rings (SSSR count). The van der Waals surface area contributed by atoms with Gasteiger partial charge in [0.15, 0.2) is 0 Å². The van der Waals surface area contributed by atoms with Gasteiger partial charge in [-0.2, -0.15) is 0 Å². The van der Waals surface area contributed by atoms with E-state index in [1.165, 1.54) is 44.5 Å². The SMILES string of the molecule is C=C.C=CCC/C=C1\C2=C(C=C)NC2(C)c2cc(C=C)c(-c3ccccc3C)cc21.CC.CC.SS. The van der Waals surface area contributed by atoms with Crippen molar-refractivity contribution in [3.05, 3.63) is 121 Å². The lowest BCUT2D eigenvalue weighted by molar-refractivity contribution is 0.442. The van der Waals surface area contributed by atoms with E-state index in [-0.39, 0.29) is 5.54 Å². The Kier molecular flexibility index (Phi) is 15.7. The average molecular weight is 520 g/mol. The number of rotatable bonds is 6. The lowest BCUT2D eigenvalue weighted by Gasteiger charge is -2.41. The third kappa shape index (κ3) is 6.57. The van der Waals surface area contributed by atoms with E-state index in [1.54, 1.807) is 0 Å². The minimum absolute atomic E-state index is 0.152. The first-order valence-electron chi connectivity index (χ1n) is 12.6. The number of hydrogen-bond donors (Lipinski definition) is 3. The Balaban J connectivity index is 0.00000140. The van der Waals surface area contributed by atoms with E-state index in [0.29, 0.717) is 0 Å². The van der Waals surface area contributed by atoms with Crippen molar-refractivity contribution in [1.82, 2.24) is 5.32 Å². The second-order valence-corrected chi connectivity index (χ2v) is 7.73. The molecule has 0 spiro atoms. The topological polar surface area (TPSA) is 12.0 Å². The van der Waals surface area contributed by atoms with Crippen molar-refractivity contribution < 1.29 is 0 Å². The second kappa shape index (κ2) is 16.9. The number of thiol groups is 2. The lowest BCUT2D eigenvalue weighted by Crippen LogP contribution is -2.47. The Bertz CT molecular complexity index is 1090. The molecule has 3 heteroatoms. The Labute approximate surface area is 231 Å². The smallest absolute Gasteiger partial charge is 0.0883 e. The van der Waals surface area contributed by atoms with Gasteiger partial charge in [-0.05, 0) is 83.9 Å². The van der Waals surface area contributed by atoms with Crippen LogP contribution in [0.25, 0.3) is 22.8 Å². The summed E-state index contributed by atoms with van der Waals surface area (Å²) >= 11 is 6.44. The summed E-state index contributed by atoms with van der Waals surface area (Å²) in [5.74, 6) is 0. The fourth-order valence-electron chi connectivity index (χ4n) is 4.59. The highest BCUT2D eigenvalue weighted by atomic mass is 33.1. The van der Waals surface area contributed by atoms with Gasteiger partial charge in [0.2, 0.25) is 0 Å². The molecule has 1 N–H and O–H groups in total. The monoisotopic (exact) mass is 519 g/mol. The molecule has 2 aliphatic rings. The van der Waals surface area contributed by atoms with Gasteiger partial charge in [-0.3, -0.25) is 0 Å². The van der Waals surface area contributed by atoms with Crippen molar-refractivity contribution in [2.24, 2.45) is 0 Å². The molecule has 2 aromatic carbocycles. The number of fused-ring (bicyclic) bond motifs is 3. The van der Waals surface area contributed by atoms with E-state index < -0.39 is 0 Å². The van der Waals surface area contributed by atoms with Crippen molar-refractivity contribution in [1.29, 1.82) is 0 Å². The van der Waals surface area contributed by atoms with Crippen LogP contribution in [0.1, 0.15) is 69.7 Å². The molecular weight excluding hydrogens is 475 g/mol. The van der Waals surface area contributed by atoms with Crippen LogP contribution < -0.4 is 5.32 Å². The zero-order valence-electron chi connectivity index (χ0n) is 23.1. The average Bonchev–Trinajstić information content (AvgIpc) is 3.12. The summed E-state index contributed by atoms with van der Waals surface area (Å²) < 4.78 is 0. The van der Waals surface area contributed by atoms with Crippen molar-refractivity contribution in [2.45, 2.75) is 59.9 Å². The van der Waals surface area contributed by atoms with Gasteiger partial charge in [0.25, 0.3) is 0 Å². The van der Waals surface area contributed by atoms with Crippen molar-refractivity contribution in [3.63, 3.8) is 0 Å². The molecule has 1 unspecified atom stereocenters. The fourth-order valence-corrected chi connectivity index (χ4v) is 4.59. The van der Waals surface area contributed by atoms with Gasteiger partial charge in [0.1, 0.15) is 0 Å². The fraction of sp³-hybridized carbons (Fsp3) is 0.273. The maximum Gasteiger partial charge on any atom is 0.0883 e. The highest BCUT2D eigenvalue weighted by molar-refractivity contribution is 8.59. The van der Waals surface area contributed by atoms with Crippen molar-refractivity contribution >= 4 is 35.0 Å². The maximum atomic E-state index is 4.09. The molecule has 0 fully saturated rings. The minimum atomic E-state index is -0.152. The lowest BCUT2D eigenvalue weighted by atomic mass is 9.80. The van der Waals surface area contributed by atoms with E-state index in [0.717, 1.165) is 18.5 Å². The standard InChI is InChI=1S/C27H27N.2C2H6.C2H4.H2S2/c1-6-9-10-15-21-23-17-22(20-14-12-11-13-18(20)4)19(7-2)16-24(23)27(5)26(21)25(8-3)28-27;4*1-2/h6-8,11-17,28H,1-3,9-10H2,4-5H3;2*1-2H3;1-2H2;1-2H/b21-15-;;;;. The van der Waals surface area contributed by atoms with Crippen LogP contribution in [0.3, 0.4) is 0 Å². The number of nitrogens with one attached hydrogen (secondary N) is 1. The van der Waals surface area contributed by atoms with Crippen LogP contribution in [0.5, 0.6) is 0 Å². The Morgan fingerprint density at radius 1 is 0.861 bits per heavy atom. The Morgan fingerprint density at radius 2 is 1.47 bits per heavy atom. The summed E-state index contributed by atoms with van der Waals surface area (Å²) in [6, 6.07) is 13.2. The largest absolute Gasteiger partial charge is 0.371 e.